The number of fused-ring (bicyclic) bond motifs is 1. The third kappa shape index (κ3) is 4.08. The van der Waals surface area contributed by atoms with Gasteiger partial charge in [0.05, 0.1) is 34.1 Å². The molecule has 0 saturated carbocycles. The topological polar surface area (TPSA) is 75.3 Å². The van der Waals surface area contributed by atoms with Crippen molar-refractivity contribution in [2.75, 3.05) is 0 Å². The zero-order chi connectivity index (χ0) is 24.3. The van der Waals surface area contributed by atoms with Gasteiger partial charge in [-0.15, -0.1) is 0 Å². The molecule has 0 aliphatic carbocycles. The van der Waals surface area contributed by atoms with Crippen LogP contribution < -0.4 is 0 Å². The summed E-state index contributed by atoms with van der Waals surface area (Å²) in [7, 11) is 0. The van der Waals surface area contributed by atoms with Crippen molar-refractivity contribution in [3.05, 3.63) is 121 Å². The zero-order valence-corrected chi connectivity index (χ0v) is 19.2. The Kier molecular flexibility index (Phi) is 5.45. The van der Waals surface area contributed by atoms with E-state index in [2.05, 4.69) is 6.07 Å². The minimum atomic E-state index is 0.493. The van der Waals surface area contributed by atoms with Crippen molar-refractivity contribution in [3.8, 4) is 51.4 Å². The molecular weight excluding hydrogens is 442 g/mol. The molecule has 6 rings (SSSR count). The molecule has 36 heavy (non-hydrogen) atoms. The summed E-state index contributed by atoms with van der Waals surface area (Å²) in [4.78, 5) is 19.9. The summed E-state index contributed by atoms with van der Waals surface area (Å²) < 4.78 is 0. The van der Waals surface area contributed by atoms with E-state index in [1.165, 1.54) is 0 Å². The molecule has 0 bridgehead atoms. The van der Waals surface area contributed by atoms with Crippen molar-refractivity contribution in [1.82, 2.24) is 19.9 Å². The summed E-state index contributed by atoms with van der Waals surface area (Å²) in [6, 6.07) is 39.4. The first kappa shape index (κ1) is 21.3. The van der Waals surface area contributed by atoms with Crippen molar-refractivity contribution < 1.29 is 0 Å². The van der Waals surface area contributed by atoms with Crippen LogP contribution in [0.2, 0.25) is 0 Å². The van der Waals surface area contributed by atoms with Crippen LogP contribution in [0, 0.1) is 11.3 Å². The molecule has 0 radical (unpaired) electrons. The summed E-state index contributed by atoms with van der Waals surface area (Å²) >= 11 is 0. The van der Waals surface area contributed by atoms with Crippen molar-refractivity contribution in [2.45, 2.75) is 0 Å². The van der Waals surface area contributed by atoms with E-state index in [1.54, 1.807) is 12.1 Å². The number of aromatic nitrogens is 4. The van der Waals surface area contributed by atoms with Gasteiger partial charge in [-0.2, -0.15) is 5.26 Å². The first-order chi connectivity index (χ1) is 17.8. The first-order valence-electron chi connectivity index (χ1n) is 11.6. The van der Waals surface area contributed by atoms with Crippen LogP contribution in [0.4, 0.5) is 0 Å². The van der Waals surface area contributed by atoms with Crippen LogP contribution in [0.25, 0.3) is 56.3 Å². The maximum absolute atomic E-state index is 9.25. The maximum atomic E-state index is 9.25. The zero-order valence-electron chi connectivity index (χ0n) is 19.2. The molecule has 0 unspecified atom stereocenters. The van der Waals surface area contributed by atoms with Gasteiger partial charge in [-0.3, -0.25) is 0 Å². The fraction of sp³-hybridized carbons (Fsp3) is 0. The third-order valence-corrected chi connectivity index (χ3v) is 5.94. The Morgan fingerprint density at radius 2 is 0.972 bits per heavy atom. The van der Waals surface area contributed by atoms with Gasteiger partial charge in [0, 0.05) is 16.7 Å². The van der Waals surface area contributed by atoms with Crippen LogP contribution in [0.1, 0.15) is 5.56 Å². The fourth-order valence-corrected chi connectivity index (χ4v) is 4.13. The number of nitrogens with zero attached hydrogens (tertiary/aromatic N) is 5. The van der Waals surface area contributed by atoms with Crippen LogP contribution >= 0.6 is 0 Å². The Morgan fingerprint density at radius 3 is 1.50 bits per heavy atom. The van der Waals surface area contributed by atoms with Gasteiger partial charge in [0.1, 0.15) is 11.4 Å². The number of hydrogen-bond donors (Lipinski definition) is 0. The molecule has 0 spiro atoms. The van der Waals surface area contributed by atoms with Gasteiger partial charge >= 0.3 is 0 Å². The van der Waals surface area contributed by atoms with E-state index < -0.39 is 0 Å². The highest BCUT2D eigenvalue weighted by molar-refractivity contribution is 5.85. The molecule has 168 valence electrons. The smallest absolute Gasteiger partial charge is 0.181 e. The normalized spacial score (nSPS) is 10.8. The summed E-state index contributed by atoms with van der Waals surface area (Å²) in [5.41, 5.74) is 7.83. The second kappa shape index (κ2) is 9.21. The second-order valence-corrected chi connectivity index (χ2v) is 8.29. The lowest BCUT2D eigenvalue weighted by Crippen LogP contribution is -2.01. The van der Waals surface area contributed by atoms with Gasteiger partial charge in [0.2, 0.25) is 0 Å². The molecule has 0 aliphatic rings. The van der Waals surface area contributed by atoms with E-state index >= 15 is 0 Å². The maximum Gasteiger partial charge on any atom is 0.181 e. The largest absolute Gasteiger partial charge is 0.244 e. The number of rotatable bonds is 4. The molecule has 0 amide bonds. The average molecular weight is 462 g/mol. The molecule has 0 fully saturated rings. The lowest BCUT2D eigenvalue weighted by molar-refractivity contribution is 1.14. The van der Waals surface area contributed by atoms with Gasteiger partial charge in [-0.25, -0.2) is 19.9 Å². The molecule has 2 heterocycles. The van der Waals surface area contributed by atoms with Crippen molar-refractivity contribution in [1.29, 1.82) is 5.26 Å². The molecule has 0 N–H and O–H groups in total. The summed E-state index contributed by atoms with van der Waals surface area (Å²) in [6.07, 6.45) is 0. The second-order valence-electron chi connectivity index (χ2n) is 8.29. The lowest BCUT2D eigenvalue weighted by Gasteiger charge is -2.12. The fourth-order valence-electron chi connectivity index (χ4n) is 4.13. The van der Waals surface area contributed by atoms with E-state index in [0.29, 0.717) is 22.8 Å². The van der Waals surface area contributed by atoms with E-state index in [9.17, 15) is 5.26 Å². The van der Waals surface area contributed by atoms with Crippen molar-refractivity contribution >= 4 is 11.0 Å². The molecule has 0 saturated heterocycles. The highest BCUT2D eigenvalue weighted by atomic mass is 15.0. The lowest BCUT2D eigenvalue weighted by atomic mass is 10.0. The summed E-state index contributed by atoms with van der Waals surface area (Å²) in [5.74, 6) is 0.493. The Bertz CT molecular complexity index is 1660. The number of benzene rings is 4. The van der Waals surface area contributed by atoms with Crippen molar-refractivity contribution in [2.24, 2.45) is 0 Å². The molecule has 4 aromatic carbocycles. The highest BCUT2D eigenvalue weighted by Gasteiger charge is 2.18. The van der Waals surface area contributed by atoms with Crippen molar-refractivity contribution in [3.63, 3.8) is 0 Å². The summed E-state index contributed by atoms with van der Waals surface area (Å²) in [6.45, 7) is 0. The van der Waals surface area contributed by atoms with Gasteiger partial charge in [-0.05, 0) is 30.3 Å². The molecule has 0 atom stereocenters. The number of nitriles is 1. The van der Waals surface area contributed by atoms with E-state index in [-0.39, 0.29) is 0 Å². The quantitative estimate of drug-likeness (QED) is 0.284. The minimum absolute atomic E-state index is 0.493. The Morgan fingerprint density at radius 1 is 0.472 bits per heavy atom. The van der Waals surface area contributed by atoms with Crippen LogP contribution in [0.3, 0.4) is 0 Å². The molecule has 6 aromatic rings. The molecule has 5 heteroatoms. The Balaban J connectivity index is 1.63. The van der Waals surface area contributed by atoms with Crippen LogP contribution in [0.5, 0.6) is 0 Å². The molecule has 5 nitrogen and oxygen atoms in total. The van der Waals surface area contributed by atoms with E-state index in [4.69, 9.17) is 19.9 Å². The number of hydrogen-bond acceptors (Lipinski definition) is 5. The standard InChI is InChI=1S/C31H19N5/c32-20-21-15-17-24(18-16-21)29-30(34-26-14-8-7-13-25(26)33-29)31-35-27(22-9-3-1-4-10-22)19-28(36-31)23-11-5-2-6-12-23/h1-19H. The van der Waals surface area contributed by atoms with E-state index in [1.807, 2.05) is 103 Å². The van der Waals surface area contributed by atoms with Gasteiger partial charge < -0.3 is 0 Å². The van der Waals surface area contributed by atoms with Crippen LogP contribution in [0.15, 0.2) is 115 Å². The van der Waals surface area contributed by atoms with Gasteiger partial charge in [-0.1, -0.05) is 84.9 Å². The summed E-state index contributed by atoms with van der Waals surface area (Å²) in [5, 5.41) is 9.25. The number of para-hydroxylation sites is 2. The monoisotopic (exact) mass is 461 g/mol. The molecular formula is C31H19N5. The van der Waals surface area contributed by atoms with Gasteiger partial charge in [0.15, 0.2) is 5.82 Å². The van der Waals surface area contributed by atoms with Crippen LogP contribution in [-0.2, 0) is 0 Å². The SMILES string of the molecule is N#Cc1ccc(-c2nc3ccccc3nc2-c2nc(-c3ccccc3)cc(-c3ccccc3)n2)cc1. The predicted octanol–water partition coefficient (Wildman–Crippen LogP) is 6.96. The third-order valence-electron chi connectivity index (χ3n) is 5.94. The molecule has 2 aromatic heterocycles. The average Bonchev–Trinajstić information content (AvgIpc) is 2.97. The van der Waals surface area contributed by atoms with Gasteiger partial charge in [0.25, 0.3) is 0 Å². The highest BCUT2D eigenvalue weighted by Crippen LogP contribution is 2.32. The molecule has 0 aliphatic heterocycles. The first-order valence-corrected chi connectivity index (χ1v) is 11.6. The predicted molar refractivity (Wildman–Crippen MR) is 142 cm³/mol. The Hall–Kier alpha value is -5.21. The van der Waals surface area contributed by atoms with E-state index in [0.717, 1.165) is 39.1 Å². The minimum Gasteiger partial charge on any atom is -0.244 e. The Labute approximate surface area is 208 Å². The van der Waals surface area contributed by atoms with Crippen LogP contribution in [-0.4, -0.2) is 19.9 Å².